The Morgan fingerprint density at radius 3 is 2.62 bits per heavy atom. The predicted molar refractivity (Wildman–Crippen MR) is 70.7 cm³/mol. The Labute approximate surface area is 101 Å². The number of hydrogen-bond donors (Lipinski definition) is 1. The molecule has 0 aliphatic carbocycles. The average molecular weight is 227 g/mol. The van der Waals surface area contributed by atoms with Crippen molar-refractivity contribution in [1.29, 1.82) is 0 Å². The normalized spacial score (nSPS) is 21.9. The maximum Gasteiger partial charge on any atom is 0.0218 e. The smallest absolute Gasteiger partial charge is 0.0218 e. The third-order valence-electron chi connectivity index (χ3n) is 3.68. The van der Waals surface area contributed by atoms with Crippen LogP contribution in [0.2, 0.25) is 0 Å². The van der Waals surface area contributed by atoms with Crippen LogP contribution in [0.1, 0.15) is 39.0 Å². The van der Waals surface area contributed by atoms with Crippen molar-refractivity contribution in [1.82, 2.24) is 9.80 Å². The summed E-state index contributed by atoms with van der Waals surface area (Å²) in [5.41, 5.74) is 5.92. The van der Waals surface area contributed by atoms with Gasteiger partial charge in [-0.1, -0.05) is 26.2 Å². The van der Waals surface area contributed by atoms with Gasteiger partial charge in [-0.25, -0.2) is 0 Å². The van der Waals surface area contributed by atoms with Gasteiger partial charge >= 0.3 is 0 Å². The third-order valence-corrected chi connectivity index (χ3v) is 3.68. The Bertz CT molecular complexity index is 173. The van der Waals surface area contributed by atoms with Gasteiger partial charge in [-0.05, 0) is 33.0 Å². The number of likely N-dealkylation sites (N-methyl/N-ethyl adjacent to an activating group) is 1. The molecule has 0 bridgehead atoms. The molecule has 1 fully saturated rings. The molecule has 2 N–H and O–H groups in total. The maximum absolute atomic E-state index is 5.92. The van der Waals surface area contributed by atoms with Crippen molar-refractivity contribution >= 4 is 0 Å². The van der Waals surface area contributed by atoms with Crippen LogP contribution in [0.5, 0.6) is 0 Å². The number of hydrogen-bond acceptors (Lipinski definition) is 3. The number of nitrogens with zero attached hydrogens (tertiary/aromatic N) is 2. The first-order valence-corrected chi connectivity index (χ1v) is 6.90. The van der Waals surface area contributed by atoms with Crippen LogP contribution in [0.25, 0.3) is 0 Å². The van der Waals surface area contributed by atoms with Crippen LogP contribution in [0.3, 0.4) is 0 Å². The van der Waals surface area contributed by atoms with Crippen LogP contribution >= 0.6 is 0 Å². The van der Waals surface area contributed by atoms with Crippen LogP contribution in [0.4, 0.5) is 0 Å². The molecule has 0 radical (unpaired) electrons. The van der Waals surface area contributed by atoms with Crippen LogP contribution in [-0.4, -0.2) is 55.6 Å². The lowest BCUT2D eigenvalue weighted by Gasteiger charge is -2.29. The second-order valence-electron chi connectivity index (χ2n) is 5.08. The topological polar surface area (TPSA) is 32.5 Å². The minimum atomic E-state index is 0.623. The lowest BCUT2D eigenvalue weighted by molar-refractivity contribution is 0.193. The summed E-state index contributed by atoms with van der Waals surface area (Å²) in [4.78, 5) is 5.04. The fourth-order valence-electron chi connectivity index (χ4n) is 2.51. The van der Waals surface area contributed by atoms with Crippen molar-refractivity contribution in [2.24, 2.45) is 5.73 Å². The Morgan fingerprint density at radius 1 is 1.12 bits per heavy atom. The highest BCUT2D eigenvalue weighted by molar-refractivity contribution is 4.76. The van der Waals surface area contributed by atoms with Crippen molar-refractivity contribution in [2.75, 3.05) is 39.8 Å². The molecule has 16 heavy (non-hydrogen) atoms. The van der Waals surface area contributed by atoms with E-state index in [1.807, 2.05) is 0 Å². The lowest BCUT2D eigenvalue weighted by atomic mass is 10.1. The monoisotopic (exact) mass is 227 g/mol. The maximum atomic E-state index is 5.92. The van der Waals surface area contributed by atoms with Gasteiger partial charge in [-0.2, -0.15) is 0 Å². The van der Waals surface area contributed by atoms with Crippen molar-refractivity contribution in [3.63, 3.8) is 0 Å². The van der Waals surface area contributed by atoms with E-state index in [-0.39, 0.29) is 0 Å². The minimum absolute atomic E-state index is 0.623. The molecule has 0 saturated carbocycles. The molecule has 0 aromatic heterocycles. The van der Waals surface area contributed by atoms with E-state index in [1.165, 1.54) is 58.3 Å². The molecule has 3 nitrogen and oxygen atoms in total. The third kappa shape index (κ3) is 4.81. The molecule has 96 valence electrons. The van der Waals surface area contributed by atoms with Crippen molar-refractivity contribution in [3.8, 4) is 0 Å². The quantitative estimate of drug-likeness (QED) is 0.699. The molecule has 0 aromatic carbocycles. The number of nitrogens with two attached hydrogens (primary N) is 1. The van der Waals surface area contributed by atoms with E-state index in [4.69, 9.17) is 5.73 Å². The molecule has 1 atom stereocenters. The molecular formula is C13H29N3. The first-order chi connectivity index (χ1) is 7.77. The zero-order chi connectivity index (χ0) is 11.8. The van der Waals surface area contributed by atoms with Crippen molar-refractivity contribution < 1.29 is 0 Å². The Balaban J connectivity index is 2.32. The summed E-state index contributed by atoms with van der Waals surface area (Å²) in [7, 11) is 2.22. The summed E-state index contributed by atoms with van der Waals surface area (Å²) >= 11 is 0. The summed E-state index contributed by atoms with van der Waals surface area (Å²) in [6.45, 7) is 7.96. The molecule has 1 unspecified atom stereocenters. The fraction of sp³-hybridized carbons (Fsp3) is 1.00. The van der Waals surface area contributed by atoms with Crippen LogP contribution in [0, 0.1) is 0 Å². The van der Waals surface area contributed by atoms with Gasteiger partial charge in [0.15, 0.2) is 0 Å². The van der Waals surface area contributed by atoms with Gasteiger partial charge in [0, 0.05) is 25.7 Å². The molecule has 0 amide bonds. The van der Waals surface area contributed by atoms with Gasteiger partial charge in [0.1, 0.15) is 0 Å². The Morgan fingerprint density at radius 2 is 1.94 bits per heavy atom. The first-order valence-electron chi connectivity index (χ1n) is 6.90. The molecule has 0 spiro atoms. The molecule has 1 saturated heterocycles. The van der Waals surface area contributed by atoms with E-state index in [9.17, 15) is 0 Å². The number of rotatable bonds is 6. The molecule has 1 aliphatic heterocycles. The average Bonchev–Trinajstić information content (AvgIpc) is 2.50. The van der Waals surface area contributed by atoms with E-state index in [0.29, 0.717) is 6.04 Å². The van der Waals surface area contributed by atoms with Gasteiger partial charge in [-0.3, -0.25) is 4.90 Å². The van der Waals surface area contributed by atoms with E-state index >= 15 is 0 Å². The fourth-order valence-corrected chi connectivity index (χ4v) is 2.51. The summed E-state index contributed by atoms with van der Waals surface area (Å²) in [5, 5.41) is 0. The van der Waals surface area contributed by atoms with E-state index in [0.717, 1.165) is 6.54 Å². The van der Waals surface area contributed by atoms with Gasteiger partial charge in [0.05, 0.1) is 0 Å². The van der Waals surface area contributed by atoms with Gasteiger partial charge < -0.3 is 10.6 Å². The van der Waals surface area contributed by atoms with Crippen LogP contribution in [-0.2, 0) is 0 Å². The molecule has 0 aromatic rings. The minimum Gasteiger partial charge on any atom is -0.329 e. The van der Waals surface area contributed by atoms with Crippen LogP contribution in [0.15, 0.2) is 0 Å². The molecule has 1 rings (SSSR count). The standard InChI is InChI=1S/C13H29N3/c1-3-4-5-7-13(12-14)16-9-6-8-15(2)10-11-16/h13H,3-12,14H2,1-2H3. The number of unbranched alkanes of at least 4 members (excludes halogenated alkanes) is 2. The molecular weight excluding hydrogens is 198 g/mol. The van der Waals surface area contributed by atoms with Gasteiger partial charge in [0.25, 0.3) is 0 Å². The largest absolute Gasteiger partial charge is 0.329 e. The highest BCUT2D eigenvalue weighted by atomic mass is 15.2. The predicted octanol–water partition coefficient (Wildman–Crippen LogP) is 1.53. The summed E-state index contributed by atoms with van der Waals surface area (Å²) in [6.07, 6.45) is 6.57. The first kappa shape index (κ1) is 13.9. The summed E-state index contributed by atoms with van der Waals surface area (Å²) < 4.78 is 0. The van der Waals surface area contributed by atoms with E-state index < -0.39 is 0 Å². The highest BCUT2D eigenvalue weighted by Gasteiger charge is 2.19. The van der Waals surface area contributed by atoms with Crippen LogP contribution < -0.4 is 5.73 Å². The molecule has 1 aliphatic rings. The van der Waals surface area contributed by atoms with Gasteiger partial charge in [0.2, 0.25) is 0 Å². The second kappa shape index (κ2) is 8.04. The SMILES string of the molecule is CCCCCC(CN)N1CCCN(C)CC1. The van der Waals surface area contributed by atoms with E-state index in [1.54, 1.807) is 0 Å². The summed E-state index contributed by atoms with van der Waals surface area (Å²) in [6, 6.07) is 0.623. The Kier molecular flexibility index (Phi) is 7.01. The van der Waals surface area contributed by atoms with Crippen molar-refractivity contribution in [3.05, 3.63) is 0 Å². The van der Waals surface area contributed by atoms with E-state index in [2.05, 4.69) is 23.8 Å². The zero-order valence-electron chi connectivity index (χ0n) is 11.1. The highest BCUT2D eigenvalue weighted by Crippen LogP contribution is 2.12. The molecule has 1 heterocycles. The lowest BCUT2D eigenvalue weighted by Crippen LogP contribution is -2.42. The Hall–Kier alpha value is -0.120. The second-order valence-corrected chi connectivity index (χ2v) is 5.08. The summed E-state index contributed by atoms with van der Waals surface area (Å²) in [5.74, 6) is 0. The molecule has 3 heteroatoms. The zero-order valence-corrected chi connectivity index (χ0v) is 11.1. The van der Waals surface area contributed by atoms with Crippen molar-refractivity contribution in [2.45, 2.75) is 45.1 Å². The van der Waals surface area contributed by atoms with Gasteiger partial charge in [-0.15, -0.1) is 0 Å².